The van der Waals surface area contributed by atoms with Crippen LogP contribution in [-0.2, 0) is 14.3 Å². The van der Waals surface area contributed by atoms with Crippen molar-refractivity contribution in [3.05, 3.63) is 29.8 Å². The van der Waals surface area contributed by atoms with Gasteiger partial charge in [0.2, 0.25) is 11.8 Å². The zero-order valence-electron chi connectivity index (χ0n) is 15.5. The number of rotatable bonds is 7. The molecular weight excluding hydrogens is 316 g/mol. The molecule has 5 nitrogen and oxygen atoms in total. The summed E-state index contributed by atoms with van der Waals surface area (Å²) >= 11 is 0. The van der Waals surface area contributed by atoms with Crippen molar-refractivity contribution in [2.24, 2.45) is 11.8 Å². The van der Waals surface area contributed by atoms with E-state index >= 15 is 0 Å². The summed E-state index contributed by atoms with van der Waals surface area (Å²) in [6, 6.07) is 7.96. The summed E-state index contributed by atoms with van der Waals surface area (Å²) in [6.07, 6.45) is 3.06. The molecule has 0 heterocycles. The minimum atomic E-state index is -0.0109. The highest BCUT2D eigenvalue weighted by Gasteiger charge is 2.30. The van der Waals surface area contributed by atoms with Crippen molar-refractivity contribution in [3.63, 3.8) is 0 Å². The number of anilines is 1. The standard InChI is InChI=1S/C20H30N2O3/c1-14(2)17-6-4-5-7-18(17)22-20(24)16-10-8-15(9-11-16)19(23)21-12-13-25-3/h4-7,14-16H,8-13H2,1-3H3,(H,21,23)(H,22,24). The molecule has 0 atom stereocenters. The molecule has 25 heavy (non-hydrogen) atoms. The minimum Gasteiger partial charge on any atom is -0.383 e. The molecule has 0 saturated heterocycles. The Morgan fingerprint density at radius 1 is 1.08 bits per heavy atom. The van der Waals surface area contributed by atoms with Crippen molar-refractivity contribution < 1.29 is 14.3 Å². The van der Waals surface area contributed by atoms with Gasteiger partial charge < -0.3 is 15.4 Å². The summed E-state index contributed by atoms with van der Waals surface area (Å²) < 4.78 is 4.94. The van der Waals surface area contributed by atoms with Crippen molar-refractivity contribution in [2.45, 2.75) is 45.4 Å². The maximum Gasteiger partial charge on any atom is 0.227 e. The van der Waals surface area contributed by atoms with Crippen LogP contribution in [0.3, 0.4) is 0 Å². The molecule has 1 aliphatic carbocycles. The summed E-state index contributed by atoms with van der Waals surface area (Å²) in [5.41, 5.74) is 2.06. The normalized spacial score (nSPS) is 20.3. The van der Waals surface area contributed by atoms with Crippen molar-refractivity contribution in [1.82, 2.24) is 5.32 Å². The monoisotopic (exact) mass is 346 g/mol. The van der Waals surface area contributed by atoms with Gasteiger partial charge in [0.25, 0.3) is 0 Å². The molecule has 0 spiro atoms. The second kappa shape index (κ2) is 9.56. The zero-order chi connectivity index (χ0) is 18.2. The third-order valence-electron chi connectivity index (χ3n) is 4.91. The van der Waals surface area contributed by atoms with Crippen LogP contribution in [0.5, 0.6) is 0 Å². The summed E-state index contributed by atoms with van der Waals surface area (Å²) in [5.74, 6) is 0.530. The molecule has 0 aliphatic heterocycles. The van der Waals surface area contributed by atoms with E-state index in [1.807, 2.05) is 18.2 Å². The fourth-order valence-corrected chi connectivity index (χ4v) is 3.39. The minimum absolute atomic E-state index is 0.0109. The van der Waals surface area contributed by atoms with Crippen molar-refractivity contribution in [3.8, 4) is 0 Å². The number of carbonyl (C=O) groups is 2. The number of hydrogen-bond acceptors (Lipinski definition) is 3. The smallest absolute Gasteiger partial charge is 0.227 e. The Bertz CT molecular complexity index is 578. The molecule has 5 heteroatoms. The first-order valence-electron chi connectivity index (χ1n) is 9.19. The molecule has 1 saturated carbocycles. The third-order valence-corrected chi connectivity index (χ3v) is 4.91. The molecule has 1 aromatic rings. The molecule has 2 N–H and O–H groups in total. The molecule has 0 bridgehead atoms. The van der Waals surface area contributed by atoms with Gasteiger partial charge in [-0.2, -0.15) is 0 Å². The van der Waals surface area contributed by atoms with Gasteiger partial charge in [0, 0.05) is 31.2 Å². The summed E-state index contributed by atoms with van der Waals surface area (Å²) in [5, 5.41) is 5.98. The Morgan fingerprint density at radius 3 is 2.28 bits per heavy atom. The molecule has 0 unspecified atom stereocenters. The van der Waals surface area contributed by atoms with Gasteiger partial charge in [0.05, 0.1) is 6.61 Å². The maximum absolute atomic E-state index is 12.6. The van der Waals surface area contributed by atoms with Crippen molar-refractivity contribution in [1.29, 1.82) is 0 Å². The lowest BCUT2D eigenvalue weighted by Crippen LogP contribution is -2.36. The van der Waals surface area contributed by atoms with Crippen LogP contribution in [0.1, 0.15) is 51.0 Å². The van der Waals surface area contributed by atoms with Crippen LogP contribution in [0.4, 0.5) is 5.69 Å². The highest BCUT2D eigenvalue weighted by Crippen LogP contribution is 2.31. The molecule has 1 fully saturated rings. The zero-order valence-corrected chi connectivity index (χ0v) is 15.5. The summed E-state index contributed by atoms with van der Waals surface area (Å²) in [7, 11) is 1.62. The lowest BCUT2D eigenvalue weighted by Gasteiger charge is -2.27. The predicted octanol–water partition coefficient (Wildman–Crippen LogP) is 3.32. The SMILES string of the molecule is COCCNC(=O)C1CCC(C(=O)Nc2ccccc2C(C)C)CC1. The van der Waals surface area contributed by atoms with Crippen LogP contribution in [-0.4, -0.2) is 32.1 Å². The maximum atomic E-state index is 12.6. The number of benzene rings is 1. The molecule has 1 aromatic carbocycles. The Morgan fingerprint density at radius 2 is 1.68 bits per heavy atom. The second-order valence-corrected chi connectivity index (χ2v) is 7.06. The Hall–Kier alpha value is -1.88. The van der Waals surface area contributed by atoms with Crippen LogP contribution in [0.15, 0.2) is 24.3 Å². The topological polar surface area (TPSA) is 67.4 Å². The predicted molar refractivity (Wildman–Crippen MR) is 99.5 cm³/mol. The van der Waals surface area contributed by atoms with E-state index < -0.39 is 0 Å². The number of amides is 2. The van der Waals surface area contributed by atoms with E-state index in [2.05, 4.69) is 30.5 Å². The molecular formula is C20H30N2O3. The number of carbonyl (C=O) groups excluding carboxylic acids is 2. The Balaban J connectivity index is 1.84. The molecule has 0 aromatic heterocycles. The van der Waals surface area contributed by atoms with Gasteiger partial charge in [-0.15, -0.1) is 0 Å². The first-order chi connectivity index (χ1) is 12.0. The summed E-state index contributed by atoms with van der Waals surface area (Å²) in [4.78, 5) is 24.7. The van der Waals surface area contributed by atoms with Crippen LogP contribution in [0.25, 0.3) is 0 Å². The van der Waals surface area contributed by atoms with Crippen molar-refractivity contribution >= 4 is 17.5 Å². The van der Waals surface area contributed by atoms with Crippen LogP contribution in [0.2, 0.25) is 0 Å². The number of hydrogen-bond donors (Lipinski definition) is 2. The molecule has 138 valence electrons. The Labute approximate surface area is 150 Å². The first kappa shape index (κ1) is 19.4. The Kier molecular flexibility index (Phi) is 7.44. The van der Waals surface area contributed by atoms with Crippen LogP contribution < -0.4 is 10.6 Å². The first-order valence-corrected chi connectivity index (χ1v) is 9.19. The van der Waals surface area contributed by atoms with Gasteiger partial charge in [0.15, 0.2) is 0 Å². The van der Waals surface area contributed by atoms with E-state index in [0.717, 1.165) is 36.9 Å². The number of methoxy groups -OCH3 is 1. The van der Waals surface area contributed by atoms with Gasteiger partial charge in [-0.3, -0.25) is 9.59 Å². The lowest BCUT2D eigenvalue weighted by atomic mass is 9.81. The quantitative estimate of drug-likeness (QED) is 0.744. The van der Waals surface area contributed by atoms with Crippen LogP contribution in [0, 0.1) is 11.8 Å². The molecule has 2 rings (SSSR count). The largest absolute Gasteiger partial charge is 0.383 e. The van der Waals surface area contributed by atoms with Gasteiger partial charge in [-0.05, 0) is 43.2 Å². The molecule has 1 aliphatic rings. The number of para-hydroxylation sites is 1. The van der Waals surface area contributed by atoms with E-state index in [0.29, 0.717) is 19.1 Å². The molecule has 0 radical (unpaired) electrons. The summed E-state index contributed by atoms with van der Waals surface area (Å²) in [6.45, 7) is 5.32. The van der Waals surface area contributed by atoms with Gasteiger partial charge in [-0.1, -0.05) is 32.0 Å². The van der Waals surface area contributed by atoms with Gasteiger partial charge >= 0.3 is 0 Å². The van der Waals surface area contributed by atoms with E-state index in [9.17, 15) is 9.59 Å². The van der Waals surface area contributed by atoms with E-state index in [1.54, 1.807) is 7.11 Å². The van der Waals surface area contributed by atoms with E-state index in [-0.39, 0.29) is 23.7 Å². The fourth-order valence-electron chi connectivity index (χ4n) is 3.39. The highest BCUT2D eigenvalue weighted by atomic mass is 16.5. The van der Waals surface area contributed by atoms with Gasteiger partial charge in [-0.25, -0.2) is 0 Å². The van der Waals surface area contributed by atoms with Gasteiger partial charge in [0.1, 0.15) is 0 Å². The number of nitrogens with one attached hydrogen (secondary N) is 2. The van der Waals surface area contributed by atoms with Crippen LogP contribution >= 0.6 is 0 Å². The second-order valence-electron chi connectivity index (χ2n) is 7.06. The average Bonchev–Trinajstić information content (AvgIpc) is 2.62. The molecule has 2 amide bonds. The third kappa shape index (κ3) is 5.56. The average molecular weight is 346 g/mol. The lowest BCUT2D eigenvalue weighted by molar-refractivity contribution is -0.128. The fraction of sp³-hybridized carbons (Fsp3) is 0.600. The number of ether oxygens (including phenoxy) is 1. The van der Waals surface area contributed by atoms with E-state index in [1.165, 1.54) is 0 Å². The highest BCUT2D eigenvalue weighted by molar-refractivity contribution is 5.93. The van der Waals surface area contributed by atoms with E-state index in [4.69, 9.17) is 4.74 Å². The van der Waals surface area contributed by atoms with Crippen molar-refractivity contribution in [2.75, 3.05) is 25.6 Å².